The van der Waals surface area contributed by atoms with Gasteiger partial charge in [-0.2, -0.15) is 13.2 Å². The van der Waals surface area contributed by atoms with E-state index in [1.165, 1.54) is 12.1 Å². The standard InChI is InChI=1S/C18H14F3N5/c1-25-16-7-6-14(10-15(16)23-24-25)26-9-8-22-17(26)13-4-2-12(3-5-13)11-18(19,20)21/h2-10H,11H2,1H3. The normalized spacial score (nSPS) is 12.0. The first kappa shape index (κ1) is 16.3. The van der Waals surface area contributed by atoms with Crippen LogP contribution in [0.4, 0.5) is 13.2 Å². The molecule has 0 saturated carbocycles. The zero-order chi connectivity index (χ0) is 18.3. The number of rotatable bonds is 3. The summed E-state index contributed by atoms with van der Waals surface area (Å²) in [7, 11) is 1.82. The van der Waals surface area contributed by atoms with E-state index < -0.39 is 12.6 Å². The maximum Gasteiger partial charge on any atom is 0.393 e. The van der Waals surface area contributed by atoms with Crippen molar-refractivity contribution in [1.82, 2.24) is 24.5 Å². The molecule has 132 valence electrons. The summed E-state index contributed by atoms with van der Waals surface area (Å²) in [5.41, 5.74) is 3.47. The number of aryl methyl sites for hydroxylation is 1. The van der Waals surface area contributed by atoms with E-state index in [1.54, 1.807) is 29.2 Å². The molecule has 2 aromatic carbocycles. The summed E-state index contributed by atoms with van der Waals surface area (Å²) in [6.45, 7) is 0. The molecule has 0 aliphatic rings. The highest BCUT2D eigenvalue weighted by atomic mass is 19.4. The molecule has 5 nitrogen and oxygen atoms in total. The van der Waals surface area contributed by atoms with E-state index in [2.05, 4.69) is 15.3 Å². The van der Waals surface area contributed by atoms with Gasteiger partial charge in [0.15, 0.2) is 0 Å². The second-order valence-corrected chi connectivity index (χ2v) is 6.00. The fourth-order valence-electron chi connectivity index (χ4n) is 2.91. The Morgan fingerprint density at radius 1 is 1.04 bits per heavy atom. The summed E-state index contributed by atoms with van der Waals surface area (Å²) in [5, 5.41) is 8.10. The summed E-state index contributed by atoms with van der Waals surface area (Å²) in [6.07, 6.45) is -1.70. The lowest BCUT2D eigenvalue weighted by molar-refractivity contribution is -0.127. The van der Waals surface area contributed by atoms with Gasteiger partial charge in [0, 0.05) is 30.7 Å². The Morgan fingerprint density at radius 2 is 1.81 bits per heavy atom. The largest absolute Gasteiger partial charge is 0.393 e. The average Bonchev–Trinajstić information content (AvgIpc) is 3.21. The lowest BCUT2D eigenvalue weighted by atomic mass is 10.1. The van der Waals surface area contributed by atoms with E-state index in [1.807, 2.05) is 29.8 Å². The van der Waals surface area contributed by atoms with E-state index >= 15 is 0 Å². The van der Waals surface area contributed by atoms with Gasteiger partial charge in [0.2, 0.25) is 0 Å². The Morgan fingerprint density at radius 3 is 2.54 bits per heavy atom. The molecule has 2 aromatic heterocycles. The van der Waals surface area contributed by atoms with Gasteiger partial charge < -0.3 is 0 Å². The fraction of sp³-hybridized carbons (Fsp3) is 0.167. The van der Waals surface area contributed by atoms with Gasteiger partial charge in [-0.05, 0) is 23.8 Å². The molecule has 0 amide bonds. The zero-order valence-corrected chi connectivity index (χ0v) is 13.8. The summed E-state index contributed by atoms with van der Waals surface area (Å²) < 4.78 is 41.1. The number of benzene rings is 2. The minimum absolute atomic E-state index is 0.223. The predicted octanol–water partition coefficient (Wildman–Crippen LogP) is 3.93. The van der Waals surface area contributed by atoms with Crippen LogP contribution in [0.1, 0.15) is 5.56 Å². The molecule has 0 fully saturated rings. The molecule has 4 aromatic rings. The van der Waals surface area contributed by atoms with Gasteiger partial charge in [0.05, 0.1) is 11.9 Å². The number of halogens is 3. The topological polar surface area (TPSA) is 48.5 Å². The van der Waals surface area contributed by atoms with Gasteiger partial charge in [0.1, 0.15) is 11.3 Å². The minimum Gasteiger partial charge on any atom is -0.300 e. The SMILES string of the molecule is Cn1nnc2cc(-n3ccnc3-c3ccc(CC(F)(F)F)cc3)ccc21. The Balaban J connectivity index is 1.70. The number of alkyl halides is 3. The highest BCUT2D eigenvalue weighted by Gasteiger charge is 2.27. The Bertz CT molecular complexity index is 1060. The molecular formula is C18H14F3N5. The molecule has 0 bridgehead atoms. The molecule has 2 heterocycles. The van der Waals surface area contributed by atoms with Crippen LogP contribution in [-0.2, 0) is 13.5 Å². The summed E-state index contributed by atoms with van der Waals surface area (Å²) in [4.78, 5) is 4.35. The Kier molecular flexibility index (Phi) is 3.75. The van der Waals surface area contributed by atoms with Crippen molar-refractivity contribution in [1.29, 1.82) is 0 Å². The maximum atomic E-state index is 12.5. The van der Waals surface area contributed by atoms with Crippen LogP contribution in [0.2, 0.25) is 0 Å². The maximum absolute atomic E-state index is 12.5. The number of fused-ring (bicyclic) bond motifs is 1. The van der Waals surface area contributed by atoms with E-state index in [0.29, 0.717) is 5.82 Å². The van der Waals surface area contributed by atoms with Crippen molar-refractivity contribution in [3.05, 3.63) is 60.4 Å². The molecule has 0 spiro atoms. The van der Waals surface area contributed by atoms with Crippen LogP contribution in [0.15, 0.2) is 54.9 Å². The van der Waals surface area contributed by atoms with Gasteiger partial charge in [-0.3, -0.25) is 4.57 Å². The molecule has 0 radical (unpaired) electrons. The average molecular weight is 357 g/mol. The number of nitrogens with zero attached hydrogens (tertiary/aromatic N) is 5. The van der Waals surface area contributed by atoms with Gasteiger partial charge in [-0.25, -0.2) is 9.67 Å². The predicted molar refractivity (Wildman–Crippen MR) is 90.8 cm³/mol. The smallest absolute Gasteiger partial charge is 0.300 e. The summed E-state index contributed by atoms with van der Waals surface area (Å²) >= 11 is 0. The van der Waals surface area contributed by atoms with E-state index in [4.69, 9.17) is 0 Å². The second-order valence-electron chi connectivity index (χ2n) is 6.00. The first-order chi connectivity index (χ1) is 12.4. The number of aromatic nitrogens is 5. The van der Waals surface area contributed by atoms with Crippen molar-refractivity contribution in [2.75, 3.05) is 0 Å². The third-order valence-electron chi connectivity index (χ3n) is 4.13. The highest BCUT2D eigenvalue weighted by Crippen LogP contribution is 2.26. The molecular weight excluding hydrogens is 343 g/mol. The molecule has 0 atom stereocenters. The van der Waals surface area contributed by atoms with E-state index in [0.717, 1.165) is 22.3 Å². The van der Waals surface area contributed by atoms with Gasteiger partial charge in [-0.1, -0.05) is 29.5 Å². The molecule has 0 N–H and O–H groups in total. The van der Waals surface area contributed by atoms with Crippen molar-refractivity contribution >= 4 is 11.0 Å². The number of hydrogen-bond donors (Lipinski definition) is 0. The zero-order valence-electron chi connectivity index (χ0n) is 13.8. The Hall–Kier alpha value is -3.16. The molecule has 0 aliphatic carbocycles. The van der Waals surface area contributed by atoms with Crippen molar-refractivity contribution in [3.8, 4) is 17.1 Å². The Labute approximate surface area is 146 Å². The molecule has 0 aliphatic heterocycles. The third-order valence-corrected chi connectivity index (χ3v) is 4.13. The van der Waals surface area contributed by atoms with Crippen LogP contribution in [0.3, 0.4) is 0 Å². The van der Waals surface area contributed by atoms with Crippen molar-refractivity contribution in [2.24, 2.45) is 7.05 Å². The van der Waals surface area contributed by atoms with Crippen LogP contribution in [0, 0.1) is 0 Å². The van der Waals surface area contributed by atoms with Gasteiger partial charge in [0.25, 0.3) is 0 Å². The van der Waals surface area contributed by atoms with Crippen LogP contribution in [0.25, 0.3) is 28.1 Å². The minimum atomic E-state index is -4.22. The van der Waals surface area contributed by atoms with E-state index in [-0.39, 0.29) is 5.56 Å². The fourth-order valence-corrected chi connectivity index (χ4v) is 2.91. The molecule has 26 heavy (non-hydrogen) atoms. The van der Waals surface area contributed by atoms with Crippen molar-refractivity contribution < 1.29 is 13.2 Å². The second kappa shape index (κ2) is 5.98. The molecule has 0 unspecified atom stereocenters. The first-order valence-corrected chi connectivity index (χ1v) is 7.90. The van der Waals surface area contributed by atoms with Crippen LogP contribution in [0.5, 0.6) is 0 Å². The molecule has 4 rings (SSSR count). The van der Waals surface area contributed by atoms with Gasteiger partial charge in [-0.15, -0.1) is 5.10 Å². The quantitative estimate of drug-likeness (QED) is 0.558. The molecule has 0 saturated heterocycles. The number of hydrogen-bond acceptors (Lipinski definition) is 3. The van der Waals surface area contributed by atoms with Crippen LogP contribution < -0.4 is 0 Å². The van der Waals surface area contributed by atoms with Gasteiger partial charge >= 0.3 is 6.18 Å². The van der Waals surface area contributed by atoms with Crippen LogP contribution in [-0.4, -0.2) is 30.7 Å². The monoisotopic (exact) mass is 357 g/mol. The first-order valence-electron chi connectivity index (χ1n) is 7.90. The lowest BCUT2D eigenvalue weighted by Gasteiger charge is -2.10. The number of imidazole rings is 1. The van der Waals surface area contributed by atoms with Crippen molar-refractivity contribution in [3.63, 3.8) is 0 Å². The third kappa shape index (κ3) is 3.05. The van der Waals surface area contributed by atoms with E-state index in [9.17, 15) is 13.2 Å². The lowest BCUT2D eigenvalue weighted by Crippen LogP contribution is -2.11. The van der Waals surface area contributed by atoms with Crippen molar-refractivity contribution in [2.45, 2.75) is 12.6 Å². The van der Waals surface area contributed by atoms with Crippen LogP contribution >= 0.6 is 0 Å². The summed E-state index contributed by atoms with van der Waals surface area (Å²) in [6, 6.07) is 12.0. The summed E-state index contributed by atoms with van der Waals surface area (Å²) in [5.74, 6) is 0.645. The molecule has 8 heteroatoms. The highest BCUT2D eigenvalue weighted by molar-refractivity contribution is 5.77.